The van der Waals surface area contributed by atoms with E-state index in [0.717, 1.165) is 12.1 Å². The number of rotatable bonds is 1. The summed E-state index contributed by atoms with van der Waals surface area (Å²) in [4.78, 5) is 13.6. The Kier molecular flexibility index (Phi) is 3.45. The highest BCUT2D eigenvalue weighted by atomic mass is 19.1. The summed E-state index contributed by atoms with van der Waals surface area (Å²) in [6, 6.07) is 3.32. The lowest BCUT2D eigenvalue weighted by Crippen LogP contribution is -2.38. The number of phenols is 1. The van der Waals surface area contributed by atoms with Gasteiger partial charge < -0.3 is 15.2 Å². The van der Waals surface area contributed by atoms with Gasteiger partial charge in [0.1, 0.15) is 11.6 Å². The molecule has 6 heteroatoms. The number of likely N-dealkylation sites (tertiary alicyclic amines) is 1. The predicted octanol–water partition coefficient (Wildman–Crippen LogP) is 1.60. The van der Waals surface area contributed by atoms with E-state index in [1.807, 2.05) is 0 Å². The monoisotopic (exact) mass is 252 g/mol. The normalized spacial score (nSPS) is 15.6. The quantitative estimate of drug-likeness (QED) is 0.589. The molecule has 1 saturated heterocycles. The first kappa shape index (κ1) is 12.3. The number of phenolic OH excluding ortho intramolecular Hbond substituents is 1. The Labute approximate surface area is 103 Å². The van der Waals surface area contributed by atoms with Gasteiger partial charge in [-0.2, -0.15) is 0 Å². The number of hydrogen-bond donors (Lipinski definition) is 2. The van der Waals surface area contributed by atoms with Gasteiger partial charge in [0.05, 0.1) is 11.3 Å². The topological polar surface area (TPSA) is 73.1 Å². The van der Waals surface area contributed by atoms with E-state index in [-0.39, 0.29) is 17.2 Å². The van der Waals surface area contributed by atoms with Crippen molar-refractivity contribution in [2.75, 3.05) is 13.1 Å². The molecule has 1 aliphatic heterocycles. The van der Waals surface area contributed by atoms with E-state index in [1.54, 1.807) is 4.90 Å². The van der Waals surface area contributed by atoms with Crippen LogP contribution in [0.25, 0.3) is 0 Å². The molecule has 2 N–H and O–H groups in total. The lowest BCUT2D eigenvalue weighted by molar-refractivity contribution is 0.0750. The van der Waals surface area contributed by atoms with Crippen LogP contribution in [0.2, 0.25) is 0 Å². The molecule has 0 bridgehead atoms. The van der Waals surface area contributed by atoms with E-state index in [2.05, 4.69) is 5.16 Å². The van der Waals surface area contributed by atoms with Crippen molar-refractivity contribution >= 4 is 11.6 Å². The number of oxime groups is 1. The summed E-state index contributed by atoms with van der Waals surface area (Å²) in [6.45, 7) is 0.851. The van der Waals surface area contributed by atoms with Gasteiger partial charge in [-0.15, -0.1) is 0 Å². The molecular weight excluding hydrogens is 239 g/mol. The molecule has 0 aromatic heterocycles. The molecule has 96 valence electrons. The van der Waals surface area contributed by atoms with E-state index in [9.17, 15) is 14.3 Å². The number of carbonyl (C=O) groups is 1. The summed E-state index contributed by atoms with van der Waals surface area (Å²) < 4.78 is 12.8. The molecule has 0 saturated carbocycles. The van der Waals surface area contributed by atoms with Gasteiger partial charge in [-0.25, -0.2) is 4.39 Å². The third kappa shape index (κ3) is 2.42. The molecule has 2 rings (SSSR count). The van der Waals surface area contributed by atoms with Crippen molar-refractivity contribution < 1.29 is 19.5 Å². The second kappa shape index (κ2) is 5.03. The average molecular weight is 252 g/mol. The maximum Gasteiger partial charge on any atom is 0.257 e. The third-order valence-corrected chi connectivity index (χ3v) is 2.96. The molecule has 1 heterocycles. The first-order chi connectivity index (χ1) is 8.61. The number of carbonyl (C=O) groups excluding carboxylic acids is 1. The zero-order chi connectivity index (χ0) is 13.1. The number of nitrogens with zero attached hydrogens (tertiary/aromatic N) is 2. The van der Waals surface area contributed by atoms with Gasteiger partial charge in [0.25, 0.3) is 5.91 Å². The molecular formula is C12H13FN2O3. The van der Waals surface area contributed by atoms with Gasteiger partial charge in [-0.3, -0.25) is 4.79 Å². The lowest BCUT2D eigenvalue weighted by atomic mass is 10.1. The van der Waals surface area contributed by atoms with Crippen LogP contribution in [-0.4, -0.2) is 39.9 Å². The van der Waals surface area contributed by atoms with E-state index >= 15 is 0 Å². The van der Waals surface area contributed by atoms with Crippen LogP contribution in [-0.2, 0) is 0 Å². The Morgan fingerprint density at radius 2 is 2.00 bits per heavy atom. The lowest BCUT2D eigenvalue weighted by Gasteiger charge is -2.27. The standard InChI is InChI=1S/C12H13FN2O3/c13-8-1-2-10(11(16)7-8)12(17)15-5-3-9(14-18)4-6-15/h1-2,7,16,18H,3-6H2. The first-order valence-corrected chi connectivity index (χ1v) is 5.59. The van der Waals surface area contributed by atoms with Gasteiger partial charge in [0.15, 0.2) is 0 Å². The Hall–Kier alpha value is -2.11. The number of piperidine rings is 1. The van der Waals surface area contributed by atoms with Crippen LogP contribution < -0.4 is 0 Å². The second-order valence-electron chi connectivity index (χ2n) is 4.12. The average Bonchev–Trinajstić information content (AvgIpc) is 2.38. The molecule has 1 fully saturated rings. The summed E-state index contributed by atoms with van der Waals surface area (Å²) in [5.41, 5.74) is 0.739. The molecule has 0 atom stereocenters. The van der Waals surface area contributed by atoms with Crippen LogP contribution in [0.5, 0.6) is 5.75 Å². The van der Waals surface area contributed by atoms with E-state index in [0.29, 0.717) is 31.6 Å². The second-order valence-corrected chi connectivity index (χ2v) is 4.12. The van der Waals surface area contributed by atoms with Crippen molar-refractivity contribution in [2.24, 2.45) is 5.16 Å². The van der Waals surface area contributed by atoms with Crippen molar-refractivity contribution in [1.29, 1.82) is 0 Å². The largest absolute Gasteiger partial charge is 0.507 e. The van der Waals surface area contributed by atoms with E-state index in [4.69, 9.17) is 5.21 Å². The van der Waals surface area contributed by atoms with Crippen molar-refractivity contribution in [3.8, 4) is 5.75 Å². The molecule has 1 amide bonds. The molecule has 0 radical (unpaired) electrons. The smallest absolute Gasteiger partial charge is 0.257 e. The minimum Gasteiger partial charge on any atom is -0.507 e. The highest BCUT2D eigenvalue weighted by Crippen LogP contribution is 2.21. The summed E-state index contributed by atoms with van der Waals surface area (Å²) >= 11 is 0. The fourth-order valence-electron chi connectivity index (χ4n) is 1.92. The number of amides is 1. The van der Waals surface area contributed by atoms with Crippen LogP contribution in [0.15, 0.2) is 23.4 Å². The van der Waals surface area contributed by atoms with Crippen LogP contribution in [0, 0.1) is 5.82 Å². The molecule has 1 aliphatic rings. The zero-order valence-corrected chi connectivity index (χ0v) is 9.64. The van der Waals surface area contributed by atoms with Crippen LogP contribution in [0.1, 0.15) is 23.2 Å². The minimum atomic E-state index is -0.586. The number of benzene rings is 1. The molecule has 0 aliphatic carbocycles. The van der Waals surface area contributed by atoms with Crippen molar-refractivity contribution in [3.05, 3.63) is 29.6 Å². The van der Waals surface area contributed by atoms with Crippen LogP contribution >= 0.6 is 0 Å². The van der Waals surface area contributed by atoms with E-state index < -0.39 is 5.82 Å². The Balaban J connectivity index is 2.12. The van der Waals surface area contributed by atoms with E-state index in [1.165, 1.54) is 6.07 Å². The van der Waals surface area contributed by atoms with Crippen LogP contribution in [0.3, 0.4) is 0 Å². The highest BCUT2D eigenvalue weighted by molar-refractivity contribution is 5.98. The molecule has 0 unspecified atom stereocenters. The molecule has 18 heavy (non-hydrogen) atoms. The van der Waals surface area contributed by atoms with Crippen molar-refractivity contribution in [2.45, 2.75) is 12.8 Å². The Morgan fingerprint density at radius 3 is 2.56 bits per heavy atom. The molecule has 1 aromatic carbocycles. The molecule has 1 aromatic rings. The summed E-state index contributed by atoms with van der Waals surface area (Å²) in [6.07, 6.45) is 1.01. The van der Waals surface area contributed by atoms with Gasteiger partial charge in [-0.1, -0.05) is 5.16 Å². The summed E-state index contributed by atoms with van der Waals surface area (Å²) in [5, 5.41) is 21.3. The highest BCUT2D eigenvalue weighted by Gasteiger charge is 2.23. The Bertz CT molecular complexity index is 492. The van der Waals surface area contributed by atoms with Gasteiger partial charge in [-0.05, 0) is 12.1 Å². The van der Waals surface area contributed by atoms with Gasteiger partial charge in [0.2, 0.25) is 0 Å². The van der Waals surface area contributed by atoms with Gasteiger partial charge >= 0.3 is 0 Å². The Morgan fingerprint density at radius 1 is 1.33 bits per heavy atom. The summed E-state index contributed by atoms with van der Waals surface area (Å²) in [5.74, 6) is -1.29. The fraction of sp³-hybridized carbons (Fsp3) is 0.333. The van der Waals surface area contributed by atoms with Crippen LogP contribution in [0.4, 0.5) is 4.39 Å². The molecule has 0 spiro atoms. The third-order valence-electron chi connectivity index (χ3n) is 2.96. The maximum atomic E-state index is 12.8. The predicted molar refractivity (Wildman–Crippen MR) is 62.4 cm³/mol. The van der Waals surface area contributed by atoms with Crippen molar-refractivity contribution in [1.82, 2.24) is 4.90 Å². The maximum absolute atomic E-state index is 12.8. The van der Waals surface area contributed by atoms with Gasteiger partial charge in [0, 0.05) is 32.0 Å². The number of hydrogen-bond acceptors (Lipinski definition) is 4. The fourth-order valence-corrected chi connectivity index (χ4v) is 1.92. The summed E-state index contributed by atoms with van der Waals surface area (Å²) in [7, 11) is 0. The van der Waals surface area contributed by atoms with Crippen molar-refractivity contribution in [3.63, 3.8) is 0 Å². The SMILES string of the molecule is O=C(c1ccc(F)cc1O)N1CCC(=NO)CC1. The zero-order valence-electron chi connectivity index (χ0n) is 9.64. The minimum absolute atomic E-state index is 0.0841. The molecule has 5 nitrogen and oxygen atoms in total. The number of aromatic hydroxyl groups is 1. The number of halogens is 1. The first-order valence-electron chi connectivity index (χ1n) is 5.59.